The van der Waals surface area contributed by atoms with Crippen LogP contribution in [0.15, 0.2) is 53.9 Å². The van der Waals surface area contributed by atoms with Crippen LogP contribution in [0, 0.1) is 0 Å². The zero-order valence-electron chi connectivity index (χ0n) is 13.3. The molecule has 25 heavy (non-hydrogen) atoms. The van der Waals surface area contributed by atoms with E-state index in [-0.39, 0.29) is 12.5 Å². The minimum atomic E-state index is -0.103. The fourth-order valence-electron chi connectivity index (χ4n) is 2.21. The van der Waals surface area contributed by atoms with E-state index in [9.17, 15) is 4.79 Å². The van der Waals surface area contributed by atoms with Crippen LogP contribution in [-0.2, 0) is 11.4 Å². The van der Waals surface area contributed by atoms with Crippen LogP contribution < -0.4 is 9.64 Å². The molecule has 7 heteroatoms. The normalized spacial score (nSPS) is 10.5. The Balaban J connectivity index is 1.76. The summed E-state index contributed by atoms with van der Waals surface area (Å²) < 4.78 is 5.69. The molecular formula is C18H14Cl2N2O2S. The summed E-state index contributed by atoms with van der Waals surface area (Å²) in [7, 11) is 0. The summed E-state index contributed by atoms with van der Waals surface area (Å²) in [6.45, 7) is 1.76. The van der Waals surface area contributed by atoms with Gasteiger partial charge in [0.2, 0.25) is 5.91 Å². The van der Waals surface area contributed by atoms with Crippen molar-refractivity contribution in [2.24, 2.45) is 0 Å². The molecule has 4 nitrogen and oxygen atoms in total. The number of nitrogens with zero attached hydrogens (tertiary/aromatic N) is 2. The second-order valence-electron chi connectivity index (χ2n) is 5.17. The van der Waals surface area contributed by atoms with Crippen molar-refractivity contribution in [1.29, 1.82) is 0 Å². The minimum Gasteiger partial charge on any atom is -0.486 e. The lowest BCUT2D eigenvalue weighted by Crippen LogP contribution is -2.22. The summed E-state index contributed by atoms with van der Waals surface area (Å²) in [4.78, 5) is 18.1. The highest BCUT2D eigenvalue weighted by Crippen LogP contribution is 2.31. The predicted octanol–water partition coefficient (Wildman–Crippen LogP) is 5.71. The topological polar surface area (TPSA) is 42.4 Å². The van der Waals surface area contributed by atoms with Crippen molar-refractivity contribution >= 4 is 51.3 Å². The number of rotatable bonds is 5. The molecular weight excluding hydrogens is 379 g/mol. The van der Waals surface area contributed by atoms with E-state index in [0.717, 1.165) is 5.69 Å². The molecule has 3 aromatic rings. The van der Waals surface area contributed by atoms with Crippen molar-refractivity contribution in [2.45, 2.75) is 13.5 Å². The Bertz CT molecular complexity index is 884. The number of para-hydroxylation sites is 1. The van der Waals surface area contributed by atoms with E-state index >= 15 is 0 Å². The maximum atomic E-state index is 12.0. The fraction of sp³-hybridized carbons (Fsp3) is 0.111. The number of amides is 1. The van der Waals surface area contributed by atoms with Gasteiger partial charge in [-0.3, -0.25) is 9.69 Å². The van der Waals surface area contributed by atoms with Gasteiger partial charge in [0.1, 0.15) is 12.4 Å². The third kappa shape index (κ3) is 4.31. The fourth-order valence-corrected chi connectivity index (χ4v) is 3.55. The molecule has 1 amide bonds. The second-order valence-corrected chi connectivity index (χ2v) is 6.86. The minimum absolute atomic E-state index is 0.103. The lowest BCUT2D eigenvalue weighted by Gasteiger charge is -2.17. The van der Waals surface area contributed by atoms with Crippen molar-refractivity contribution < 1.29 is 9.53 Å². The number of ether oxygens (including phenoxy) is 1. The van der Waals surface area contributed by atoms with Gasteiger partial charge in [-0.1, -0.05) is 41.4 Å². The van der Waals surface area contributed by atoms with E-state index < -0.39 is 0 Å². The number of hydrogen-bond donors (Lipinski definition) is 0. The second kappa shape index (κ2) is 7.87. The Morgan fingerprint density at radius 2 is 1.96 bits per heavy atom. The lowest BCUT2D eigenvalue weighted by molar-refractivity contribution is -0.115. The average molecular weight is 393 g/mol. The van der Waals surface area contributed by atoms with Crippen molar-refractivity contribution in [2.75, 3.05) is 4.90 Å². The third-order valence-electron chi connectivity index (χ3n) is 3.33. The van der Waals surface area contributed by atoms with Gasteiger partial charge in [0.15, 0.2) is 5.13 Å². The van der Waals surface area contributed by atoms with Crippen LogP contribution in [-0.4, -0.2) is 10.9 Å². The van der Waals surface area contributed by atoms with Gasteiger partial charge in [-0.25, -0.2) is 4.98 Å². The average Bonchev–Trinajstić information content (AvgIpc) is 3.03. The van der Waals surface area contributed by atoms with Crippen LogP contribution in [0.5, 0.6) is 5.75 Å². The molecule has 0 fully saturated rings. The highest BCUT2D eigenvalue weighted by molar-refractivity contribution is 7.14. The number of halogens is 2. The van der Waals surface area contributed by atoms with E-state index in [4.69, 9.17) is 27.9 Å². The largest absolute Gasteiger partial charge is 0.486 e. The van der Waals surface area contributed by atoms with Gasteiger partial charge in [0.05, 0.1) is 16.4 Å². The van der Waals surface area contributed by atoms with Gasteiger partial charge in [-0.15, -0.1) is 11.3 Å². The maximum absolute atomic E-state index is 12.0. The molecule has 0 unspecified atom stereocenters. The number of aromatic nitrogens is 1. The number of hydrogen-bond acceptors (Lipinski definition) is 4. The quantitative estimate of drug-likeness (QED) is 0.557. The number of carbonyl (C=O) groups is 1. The highest BCUT2D eigenvalue weighted by Gasteiger charge is 2.17. The van der Waals surface area contributed by atoms with Crippen molar-refractivity contribution in [3.63, 3.8) is 0 Å². The van der Waals surface area contributed by atoms with Crippen LogP contribution in [0.3, 0.4) is 0 Å². The standard InChI is InChI=1S/C18H14Cl2N2O2S/c1-12(23)22(15-5-3-2-4-6-15)18-21-14(11-25-18)10-24-17-8-7-13(19)9-16(17)20/h2-9,11H,10H2,1H3. The van der Waals surface area contributed by atoms with Gasteiger partial charge in [0, 0.05) is 17.3 Å². The first-order chi connectivity index (χ1) is 12.0. The molecule has 2 aromatic carbocycles. The summed E-state index contributed by atoms with van der Waals surface area (Å²) in [5.74, 6) is 0.431. The highest BCUT2D eigenvalue weighted by atomic mass is 35.5. The predicted molar refractivity (Wildman–Crippen MR) is 102 cm³/mol. The number of carbonyl (C=O) groups excluding carboxylic acids is 1. The van der Waals surface area contributed by atoms with Gasteiger partial charge in [-0.05, 0) is 30.3 Å². The molecule has 0 spiro atoms. The Morgan fingerprint density at radius 3 is 2.64 bits per heavy atom. The van der Waals surface area contributed by atoms with E-state index in [1.54, 1.807) is 23.1 Å². The van der Waals surface area contributed by atoms with E-state index in [2.05, 4.69) is 4.98 Å². The van der Waals surface area contributed by atoms with Crippen LogP contribution in [0.2, 0.25) is 10.0 Å². The van der Waals surface area contributed by atoms with Crippen LogP contribution in [0.4, 0.5) is 10.8 Å². The Labute approximate surface area is 159 Å². The van der Waals surface area contributed by atoms with Crippen LogP contribution >= 0.6 is 34.5 Å². The molecule has 0 radical (unpaired) electrons. The van der Waals surface area contributed by atoms with Crippen LogP contribution in [0.1, 0.15) is 12.6 Å². The molecule has 1 aromatic heterocycles. The molecule has 0 saturated heterocycles. The zero-order chi connectivity index (χ0) is 17.8. The SMILES string of the molecule is CC(=O)N(c1ccccc1)c1nc(COc2ccc(Cl)cc2Cl)cs1. The smallest absolute Gasteiger partial charge is 0.230 e. The third-order valence-corrected chi connectivity index (χ3v) is 4.73. The van der Waals surface area contributed by atoms with Crippen molar-refractivity contribution in [1.82, 2.24) is 4.98 Å². The van der Waals surface area contributed by atoms with E-state index in [1.165, 1.54) is 18.3 Å². The summed E-state index contributed by atoms with van der Waals surface area (Å²) in [5, 5.41) is 3.45. The summed E-state index contributed by atoms with van der Waals surface area (Å²) in [5.41, 5.74) is 1.49. The number of anilines is 2. The van der Waals surface area contributed by atoms with Gasteiger partial charge in [0.25, 0.3) is 0 Å². The summed E-state index contributed by atoms with van der Waals surface area (Å²) in [6, 6.07) is 14.4. The molecule has 0 saturated carbocycles. The summed E-state index contributed by atoms with van der Waals surface area (Å²) in [6.07, 6.45) is 0. The van der Waals surface area contributed by atoms with Gasteiger partial charge in [-0.2, -0.15) is 0 Å². The molecule has 0 aliphatic rings. The molecule has 0 bridgehead atoms. The maximum Gasteiger partial charge on any atom is 0.230 e. The first kappa shape index (κ1) is 17.7. The van der Waals surface area contributed by atoms with Gasteiger partial charge >= 0.3 is 0 Å². The van der Waals surface area contributed by atoms with E-state index in [1.807, 2.05) is 35.7 Å². The molecule has 1 heterocycles. The van der Waals surface area contributed by atoms with Gasteiger partial charge < -0.3 is 4.74 Å². The first-order valence-corrected chi connectivity index (χ1v) is 9.06. The van der Waals surface area contributed by atoms with Crippen LogP contribution in [0.25, 0.3) is 0 Å². The molecule has 0 aliphatic carbocycles. The Kier molecular flexibility index (Phi) is 5.58. The first-order valence-electron chi connectivity index (χ1n) is 7.42. The Morgan fingerprint density at radius 1 is 1.20 bits per heavy atom. The van der Waals surface area contributed by atoms with E-state index in [0.29, 0.717) is 26.6 Å². The molecule has 0 aliphatic heterocycles. The number of thiazole rings is 1. The Hall–Kier alpha value is -2.08. The lowest BCUT2D eigenvalue weighted by atomic mass is 10.3. The number of benzene rings is 2. The molecule has 0 N–H and O–H groups in total. The molecule has 3 rings (SSSR count). The summed E-state index contributed by atoms with van der Waals surface area (Å²) >= 11 is 13.3. The molecule has 128 valence electrons. The van der Waals surface area contributed by atoms with Crippen molar-refractivity contribution in [3.8, 4) is 5.75 Å². The zero-order valence-corrected chi connectivity index (χ0v) is 15.6. The van der Waals surface area contributed by atoms with Crippen molar-refractivity contribution in [3.05, 3.63) is 69.7 Å². The molecule has 0 atom stereocenters. The monoisotopic (exact) mass is 392 g/mol.